The molecule has 0 unspecified atom stereocenters. The average molecular weight is 364 g/mol. The Morgan fingerprint density at radius 2 is 1.93 bits per heavy atom. The molecule has 2 heterocycles. The highest BCUT2D eigenvalue weighted by Crippen LogP contribution is 2.26. The van der Waals surface area contributed by atoms with Gasteiger partial charge in [0.25, 0.3) is 5.56 Å². The van der Waals surface area contributed by atoms with Crippen molar-refractivity contribution >= 4 is 5.69 Å². The number of aromatic nitrogens is 2. The molecule has 0 bridgehead atoms. The van der Waals surface area contributed by atoms with Crippen molar-refractivity contribution in [2.45, 2.75) is 19.5 Å². The lowest BCUT2D eigenvalue weighted by Gasteiger charge is -2.28. The van der Waals surface area contributed by atoms with E-state index in [0.717, 1.165) is 11.3 Å². The predicted octanol–water partition coefficient (Wildman–Crippen LogP) is 1.99. The van der Waals surface area contributed by atoms with Crippen molar-refractivity contribution in [2.24, 2.45) is 0 Å². The number of fused-ring (bicyclic) bond motifs is 1. The van der Waals surface area contributed by atoms with Crippen molar-refractivity contribution in [2.75, 3.05) is 12.3 Å². The molecule has 7 heteroatoms. The van der Waals surface area contributed by atoms with Gasteiger partial charge in [-0.2, -0.15) is 0 Å². The second-order valence-corrected chi connectivity index (χ2v) is 6.74. The Labute approximate surface area is 155 Å². The summed E-state index contributed by atoms with van der Waals surface area (Å²) in [5.41, 5.74) is 9.09. The SMILES string of the molecule is Nc1ccc(-c2nc3c(c(=O)[nH]2)CN(Cc2cc(O)ccc2O)CC3)cc1. The van der Waals surface area contributed by atoms with Gasteiger partial charge in [0.2, 0.25) is 0 Å². The van der Waals surface area contributed by atoms with E-state index in [1.165, 1.54) is 18.2 Å². The first-order chi connectivity index (χ1) is 13.0. The summed E-state index contributed by atoms with van der Waals surface area (Å²) in [5, 5.41) is 19.6. The summed E-state index contributed by atoms with van der Waals surface area (Å²) in [6.45, 7) is 1.59. The summed E-state index contributed by atoms with van der Waals surface area (Å²) in [7, 11) is 0. The monoisotopic (exact) mass is 364 g/mol. The third-order valence-electron chi connectivity index (χ3n) is 4.79. The molecule has 2 aromatic carbocycles. The maximum absolute atomic E-state index is 12.6. The number of nitrogens with one attached hydrogen (secondary N) is 1. The van der Waals surface area contributed by atoms with E-state index in [-0.39, 0.29) is 17.1 Å². The molecule has 0 atom stereocenters. The molecular weight excluding hydrogens is 344 g/mol. The lowest BCUT2D eigenvalue weighted by atomic mass is 10.0. The standard InChI is InChI=1S/C20H20N4O3/c21-14-3-1-12(2-4-14)19-22-17-7-8-24(11-16(17)20(27)23-19)10-13-9-15(25)5-6-18(13)26/h1-6,9,25-26H,7-8,10-11,21H2,(H,22,23,27). The Morgan fingerprint density at radius 3 is 2.70 bits per heavy atom. The van der Waals surface area contributed by atoms with Crippen molar-refractivity contribution in [3.05, 3.63) is 69.6 Å². The second kappa shape index (κ2) is 6.77. The molecule has 0 amide bonds. The van der Waals surface area contributed by atoms with Crippen LogP contribution in [0.1, 0.15) is 16.8 Å². The Kier molecular flexibility index (Phi) is 4.29. The minimum Gasteiger partial charge on any atom is -0.508 e. The van der Waals surface area contributed by atoms with E-state index in [9.17, 15) is 15.0 Å². The molecule has 0 spiro atoms. The number of aromatic amines is 1. The molecule has 7 nitrogen and oxygen atoms in total. The number of nitrogens with two attached hydrogens (primary N) is 1. The number of aromatic hydroxyl groups is 2. The fraction of sp³-hybridized carbons (Fsp3) is 0.200. The fourth-order valence-corrected chi connectivity index (χ4v) is 3.33. The number of rotatable bonds is 3. The number of nitrogens with zero attached hydrogens (tertiary/aromatic N) is 2. The van der Waals surface area contributed by atoms with Gasteiger partial charge < -0.3 is 20.9 Å². The molecule has 138 valence electrons. The lowest BCUT2D eigenvalue weighted by molar-refractivity contribution is 0.238. The van der Waals surface area contributed by atoms with E-state index in [1.807, 2.05) is 12.1 Å². The molecule has 0 aliphatic carbocycles. The third kappa shape index (κ3) is 3.50. The Bertz CT molecular complexity index is 1040. The topological polar surface area (TPSA) is 115 Å². The van der Waals surface area contributed by atoms with Gasteiger partial charge in [-0.05, 0) is 42.5 Å². The summed E-state index contributed by atoms with van der Waals surface area (Å²) in [5.74, 6) is 0.773. The van der Waals surface area contributed by atoms with E-state index in [0.29, 0.717) is 48.7 Å². The largest absolute Gasteiger partial charge is 0.508 e. The van der Waals surface area contributed by atoms with Crippen LogP contribution >= 0.6 is 0 Å². The first-order valence-electron chi connectivity index (χ1n) is 8.71. The first-order valence-corrected chi connectivity index (χ1v) is 8.71. The van der Waals surface area contributed by atoms with E-state index < -0.39 is 0 Å². The highest BCUT2D eigenvalue weighted by Gasteiger charge is 2.22. The molecule has 1 aliphatic rings. The van der Waals surface area contributed by atoms with Crippen molar-refractivity contribution < 1.29 is 10.2 Å². The van der Waals surface area contributed by atoms with Crippen LogP contribution in [-0.2, 0) is 19.5 Å². The highest BCUT2D eigenvalue weighted by molar-refractivity contribution is 5.58. The van der Waals surface area contributed by atoms with Crippen LogP contribution in [0.25, 0.3) is 11.4 Å². The van der Waals surface area contributed by atoms with Crippen LogP contribution < -0.4 is 11.3 Å². The maximum Gasteiger partial charge on any atom is 0.255 e. The first kappa shape index (κ1) is 17.1. The Hall–Kier alpha value is -3.32. The molecule has 0 radical (unpaired) electrons. The van der Waals surface area contributed by atoms with Gasteiger partial charge >= 0.3 is 0 Å². The van der Waals surface area contributed by atoms with Gasteiger partial charge in [0.15, 0.2) is 0 Å². The molecule has 0 saturated heterocycles. The number of benzene rings is 2. The number of hydrogen-bond acceptors (Lipinski definition) is 6. The Balaban J connectivity index is 1.59. The summed E-state index contributed by atoms with van der Waals surface area (Å²) >= 11 is 0. The van der Waals surface area contributed by atoms with Crippen LogP contribution in [0.3, 0.4) is 0 Å². The van der Waals surface area contributed by atoms with Gasteiger partial charge in [0.1, 0.15) is 17.3 Å². The summed E-state index contributed by atoms with van der Waals surface area (Å²) in [6, 6.07) is 11.7. The van der Waals surface area contributed by atoms with Crippen LogP contribution in [0.2, 0.25) is 0 Å². The number of anilines is 1. The fourth-order valence-electron chi connectivity index (χ4n) is 3.33. The number of hydrogen-bond donors (Lipinski definition) is 4. The van der Waals surface area contributed by atoms with Crippen molar-refractivity contribution in [3.63, 3.8) is 0 Å². The van der Waals surface area contributed by atoms with Gasteiger partial charge in [-0.1, -0.05) is 0 Å². The lowest BCUT2D eigenvalue weighted by Crippen LogP contribution is -2.35. The van der Waals surface area contributed by atoms with E-state index in [4.69, 9.17) is 5.73 Å². The van der Waals surface area contributed by atoms with Crippen LogP contribution in [0.5, 0.6) is 11.5 Å². The minimum atomic E-state index is -0.156. The highest BCUT2D eigenvalue weighted by atomic mass is 16.3. The van der Waals surface area contributed by atoms with E-state index in [1.54, 1.807) is 12.1 Å². The Morgan fingerprint density at radius 1 is 1.15 bits per heavy atom. The summed E-state index contributed by atoms with van der Waals surface area (Å²) < 4.78 is 0. The van der Waals surface area contributed by atoms with Crippen LogP contribution in [0, 0.1) is 0 Å². The van der Waals surface area contributed by atoms with Crippen molar-refractivity contribution in [1.82, 2.24) is 14.9 Å². The summed E-state index contributed by atoms with van der Waals surface area (Å²) in [4.78, 5) is 22.1. The third-order valence-corrected chi connectivity index (χ3v) is 4.79. The minimum absolute atomic E-state index is 0.105. The number of phenols is 2. The molecule has 1 aromatic heterocycles. The van der Waals surface area contributed by atoms with E-state index in [2.05, 4.69) is 14.9 Å². The molecule has 4 rings (SSSR count). The molecule has 0 fully saturated rings. The zero-order chi connectivity index (χ0) is 19.0. The van der Waals surface area contributed by atoms with Crippen molar-refractivity contribution in [3.8, 4) is 22.9 Å². The van der Waals surface area contributed by atoms with Crippen LogP contribution in [0.4, 0.5) is 5.69 Å². The van der Waals surface area contributed by atoms with Gasteiger partial charge in [0.05, 0.1) is 11.3 Å². The van der Waals surface area contributed by atoms with E-state index >= 15 is 0 Å². The van der Waals surface area contributed by atoms with Crippen LogP contribution in [0.15, 0.2) is 47.3 Å². The quantitative estimate of drug-likeness (QED) is 0.417. The number of nitrogen functional groups attached to an aromatic ring is 1. The summed E-state index contributed by atoms with van der Waals surface area (Å²) in [6.07, 6.45) is 0.640. The zero-order valence-electron chi connectivity index (χ0n) is 14.6. The average Bonchev–Trinajstić information content (AvgIpc) is 2.65. The van der Waals surface area contributed by atoms with Gasteiger partial charge in [-0.25, -0.2) is 4.98 Å². The van der Waals surface area contributed by atoms with Crippen LogP contribution in [-0.4, -0.2) is 31.6 Å². The zero-order valence-corrected chi connectivity index (χ0v) is 14.6. The second-order valence-electron chi connectivity index (χ2n) is 6.74. The molecule has 3 aromatic rings. The normalized spacial score (nSPS) is 14.1. The predicted molar refractivity (Wildman–Crippen MR) is 102 cm³/mol. The molecule has 5 N–H and O–H groups in total. The number of H-pyrrole nitrogens is 1. The molecule has 1 aliphatic heterocycles. The smallest absolute Gasteiger partial charge is 0.255 e. The van der Waals surface area contributed by atoms with Gasteiger partial charge in [-0.3, -0.25) is 9.69 Å². The molecule has 27 heavy (non-hydrogen) atoms. The number of phenolic OH excluding ortho intramolecular Hbond substituents is 2. The van der Waals surface area contributed by atoms with Gasteiger partial charge in [-0.15, -0.1) is 0 Å². The van der Waals surface area contributed by atoms with Crippen molar-refractivity contribution in [1.29, 1.82) is 0 Å². The maximum atomic E-state index is 12.6. The molecule has 0 saturated carbocycles. The van der Waals surface area contributed by atoms with Gasteiger partial charge in [0, 0.05) is 42.9 Å². The molecular formula is C20H20N4O3.